The molecule has 224 valence electrons. The number of aryl methyl sites for hydroxylation is 1. The number of aliphatic hydroxyl groups excluding tert-OH is 1. The van der Waals surface area contributed by atoms with Gasteiger partial charge in [-0.2, -0.15) is 0 Å². The van der Waals surface area contributed by atoms with E-state index < -0.39 is 23.5 Å². The third kappa shape index (κ3) is 5.32. The molecule has 0 aliphatic carbocycles. The van der Waals surface area contributed by atoms with Crippen LogP contribution in [0, 0.1) is 6.92 Å². The van der Waals surface area contributed by atoms with Crippen LogP contribution in [0.5, 0.6) is 11.5 Å². The van der Waals surface area contributed by atoms with Gasteiger partial charge in [0, 0.05) is 22.0 Å². The Morgan fingerprint density at radius 1 is 1.16 bits per heavy atom. The van der Waals surface area contributed by atoms with Crippen molar-refractivity contribution in [1.82, 2.24) is 19.6 Å². The van der Waals surface area contributed by atoms with E-state index in [4.69, 9.17) is 27.9 Å². The van der Waals surface area contributed by atoms with E-state index in [2.05, 4.69) is 31.1 Å². The minimum atomic E-state index is -1.15. The van der Waals surface area contributed by atoms with Crippen LogP contribution in [0.25, 0.3) is 11.4 Å². The number of carbonyl (C=O) groups is 2. The van der Waals surface area contributed by atoms with Gasteiger partial charge in [0.05, 0.1) is 28.9 Å². The Labute approximate surface area is 277 Å². The molecule has 0 radical (unpaired) electrons. The number of hydrogen-bond donors (Lipinski definition) is 2. The number of nitrogens with zero attached hydrogens (tertiary/aromatic N) is 5. The normalized spacial score (nSPS) is 16.3. The number of rotatable bonds is 7. The van der Waals surface area contributed by atoms with Crippen LogP contribution < -0.4 is 9.64 Å². The van der Waals surface area contributed by atoms with Crippen molar-refractivity contribution in [3.05, 3.63) is 97.3 Å². The summed E-state index contributed by atoms with van der Waals surface area (Å²) in [5.41, 5.74) is 2.30. The fourth-order valence-electron chi connectivity index (χ4n) is 4.92. The number of Topliss-reactive ketones (excluding diaryl/α,β-unsaturated/α-hetero) is 1. The lowest BCUT2D eigenvalue weighted by molar-refractivity contribution is -0.132. The Morgan fingerprint density at radius 2 is 1.95 bits per heavy atom. The highest BCUT2D eigenvalue weighted by Crippen LogP contribution is 2.47. The molecule has 4 heterocycles. The van der Waals surface area contributed by atoms with Crippen LogP contribution in [0.3, 0.4) is 0 Å². The second kappa shape index (κ2) is 12.1. The molecule has 1 aliphatic rings. The molecule has 10 nitrogen and oxygen atoms in total. The van der Waals surface area contributed by atoms with Crippen molar-refractivity contribution in [3.63, 3.8) is 0 Å². The van der Waals surface area contributed by atoms with Gasteiger partial charge < -0.3 is 14.9 Å². The number of carbonyl (C=O) groups excluding carboxylic acids is 2. The first-order chi connectivity index (χ1) is 21.1. The number of ketones is 1. The van der Waals surface area contributed by atoms with E-state index in [1.807, 2.05) is 6.07 Å². The largest absolute Gasteiger partial charge is 0.505 e. The minimum absolute atomic E-state index is 0.0966. The van der Waals surface area contributed by atoms with Crippen molar-refractivity contribution in [3.8, 4) is 11.5 Å². The number of aliphatic hydroxyl groups is 1. The van der Waals surface area contributed by atoms with Crippen LogP contribution in [0.15, 0.2) is 69.1 Å². The number of hydrogen-bond acceptors (Lipinski definition) is 10. The van der Waals surface area contributed by atoms with Gasteiger partial charge in [0.15, 0.2) is 21.6 Å². The van der Waals surface area contributed by atoms with E-state index >= 15 is 0 Å². The number of imidazole rings is 1. The Balaban J connectivity index is 1.47. The monoisotopic (exact) mass is 731 g/mol. The summed E-state index contributed by atoms with van der Waals surface area (Å²) in [5, 5.41) is 31.9. The number of benzene rings is 2. The molecule has 1 saturated heterocycles. The van der Waals surface area contributed by atoms with Gasteiger partial charge in [0.2, 0.25) is 5.13 Å². The molecule has 2 aromatic carbocycles. The van der Waals surface area contributed by atoms with Crippen LogP contribution in [0.1, 0.15) is 28.6 Å². The van der Waals surface area contributed by atoms with Crippen LogP contribution in [0.2, 0.25) is 10.0 Å². The first kappa shape index (κ1) is 30.4. The Bertz CT molecular complexity index is 2010. The van der Waals surface area contributed by atoms with Gasteiger partial charge in [-0.3, -0.25) is 18.9 Å². The number of amides is 1. The van der Waals surface area contributed by atoms with Crippen LogP contribution in [-0.4, -0.2) is 48.6 Å². The third-order valence-electron chi connectivity index (χ3n) is 6.93. The second-order valence-corrected chi connectivity index (χ2v) is 13.4. The maximum Gasteiger partial charge on any atom is 0.301 e. The smallest absolute Gasteiger partial charge is 0.301 e. The molecule has 15 heteroatoms. The second-order valence-electron chi connectivity index (χ2n) is 9.57. The van der Waals surface area contributed by atoms with Gasteiger partial charge in [-0.15, -0.1) is 10.2 Å². The Morgan fingerprint density at radius 3 is 2.70 bits per heavy atom. The number of methoxy groups -OCH3 is 1. The molecular weight excluding hydrogens is 713 g/mol. The number of aromatic nitrogens is 4. The summed E-state index contributed by atoms with van der Waals surface area (Å²) >= 11 is 18.1. The molecule has 2 N–H and O–H groups in total. The van der Waals surface area contributed by atoms with Gasteiger partial charge in [0.25, 0.3) is 5.78 Å². The molecule has 1 aliphatic heterocycles. The lowest BCUT2D eigenvalue weighted by Gasteiger charge is -2.23. The average Bonchev–Trinajstić information content (AvgIpc) is 3.67. The van der Waals surface area contributed by atoms with Gasteiger partial charge >= 0.3 is 5.91 Å². The summed E-state index contributed by atoms with van der Waals surface area (Å²) in [6, 6.07) is 12.4. The topological polar surface area (TPSA) is 130 Å². The lowest BCUT2D eigenvalue weighted by Crippen LogP contribution is -2.29. The van der Waals surface area contributed by atoms with Crippen LogP contribution in [0.4, 0.5) is 5.13 Å². The summed E-state index contributed by atoms with van der Waals surface area (Å²) in [4.78, 5) is 33.1. The van der Waals surface area contributed by atoms with Crippen molar-refractivity contribution in [2.45, 2.75) is 23.1 Å². The molecule has 6 rings (SSSR count). The molecule has 0 bridgehead atoms. The van der Waals surface area contributed by atoms with Gasteiger partial charge in [-0.25, -0.2) is 4.98 Å². The first-order valence-electron chi connectivity index (χ1n) is 12.8. The summed E-state index contributed by atoms with van der Waals surface area (Å²) in [6.07, 6.45) is 1.71. The van der Waals surface area contributed by atoms with E-state index in [1.54, 1.807) is 53.9 Å². The molecule has 44 heavy (non-hydrogen) atoms. The summed E-state index contributed by atoms with van der Waals surface area (Å²) in [5.74, 6) is -1.84. The standard InChI is InChI=1S/C29H20BrCl2N5O5S2/c1-13-22(36-8-4-3-5-20(36)33-13)25(39)21-23(15-9-17(30)24(38)19(10-15)42-2)37(27(41)26(21)40)28-34-35-29(44-28)43-12-14-6-7-16(31)11-18(14)32/h3-11,23,38-39H,12H2,1-2H3. The molecule has 1 unspecified atom stereocenters. The number of fused-ring (bicyclic) bond motifs is 1. The number of ether oxygens (including phenoxy) is 1. The Hall–Kier alpha value is -3.62. The predicted octanol–water partition coefficient (Wildman–Crippen LogP) is 7.20. The van der Waals surface area contributed by atoms with Gasteiger partial charge in [0.1, 0.15) is 11.3 Å². The average molecular weight is 733 g/mol. The number of pyridine rings is 1. The molecule has 1 fully saturated rings. The zero-order valence-electron chi connectivity index (χ0n) is 22.8. The molecule has 5 aromatic rings. The molecule has 0 saturated carbocycles. The van der Waals surface area contributed by atoms with E-state index in [0.717, 1.165) is 16.9 Å². The van der Waals surface area contributed by atoms with Crippen molar-refractivity contribution in [2.24, 2.45) is 0 Å². The Kier molecular flexibility index (Phi) is 8.33. The molecule has 1 atom stereocenters. The lowest BCUT2D eigenvalue weighted by atomic mass is 9.96. The van der Waals surface area contributed by atoms with Crippen LogP contribution in [-0.2, 0) is 15.3 Å². The van der Waals surface area contributed by atoms with Crippen molar-refractivity contribution in [1.29, 1.82) is 0 Å². The zero-order valence-corrected chi connectivity index (χ0v) is 27.5. The maximum atomic E-state index is 13.7. The van der Waals surface area contributed by atoms with E-state index in [0.29, 0.717) is 37.0 Å². The number of anilines is 1. The number of halogens is 3. The molecule has 0 spiro atoms. The summed E-state index contributed by atoms with van der Waals surface area (Å²) in [6.45, 7) is 1.70. The predicted molar refractivity (Wildman–Crippen MR) is 173 cm³/mol. The fraction of sp³-hybridized carbons (Fsp3) is 0.138. The molecular formula is C29H20BrCl2N5O5S2. The highest BCUT2D eigenvalue weighted by atomic mass is 79.9. The number of aromatic hydroxyl groups is 1. The maximum absolute atomic E-state index is 13.7. The van der Waals surface area contributed by atoms with Gasteiger partial charge in [-0.05, 0) is 70.4 Å². The van der Waals surface area contributed by atoms with Crippen molar-refractivity contribution < 1.29 is 24.5 Å². The van der Waals surface area contributed by atoms with E-state index in [9.17, 15) is 19.8 Å². The number of thioether (sulfide) groups is 1. The highest BCUT2D eigenvalue weighted by Gasteiger charge is 2.49. The van der Waals surface area contributed by atoms with E-state index in [-0.39, 0.29) is 32.4 Å². The molecule has 3 aromatic heterocycles. The third-order valence-corrected chi connectivity index (χ3v) is 10.2. The SMILES string of the molecule is COc1cc(C2C(=C(O)c3c(C)nc4ccccn34)C(=O)C(=O)N2c2nnc(SCc3ccc(Cl)cc3Cl)s2)cc(Br)c1O. The van der Waals surface area contributed by atoms with Crippen molar-refractivity contribution >= 4 is 90.5 Å². The zero-order chi connectivity index (χ0) is 31.3. The van der Waals surface area contributed by atoms with Crippen molar-refractivity contribution in [2.75, 3.05) is 12.0 Å². The highest BCUT2D eigenvalue weighted by molar-refractivity contribution is 9.10. The quantitative estimate of drug-likeness (QED) is 0.0587. The fourth-order valence-corrected chi connectivity index (χ4v) is 7.80. The summed E-state index contributed by atoms with van der Waals surface area (Å²) in [7, 11) is 1.38. The first-order valence-corrected chi connectivity index (χ1v) is 16.2. The van der Waals surface area contributed by atoms with Crippen LogP contribution >= 0.6 is 62.2 Å². The van der Waals surface area contributed by atoms with Gasteiger partial charge in [-0.1, -0.05) is 58.4 Å². The molecule has 1 amide bonds. The number of phenolic OH excluding ortho intramolecular Hbond substituents is 1. The minimum Gasteiger partial charge on any atom is -0.505 e. The number of phenols is 1. The van der Waals surface area contributed by atoms with E-state index in [1.165, 1.54) is 29.8 Å². The summed E-state index contributed by atoms with van der Waals surface area (Å²) < 4.78 is 7.78.